The Morgan fingerprint density at radius 1 is 0.452 bits per heavy atom. The first kappa shape index (κ1) is 59.3. The highest BCUT2D eigenvalue weighted by Gasteiger charge is 2.37. The molecule has 7 nitrogen and oxygen atoms in total. The van der Waals surface area contributed by atoms with E-state index in [0.717, 1.165) is 60.5 Å². The normalized spacial score (nSPS) is 18.2. The van der Waals surface area contributed by atoms with Crippen molar-refractivity contribution in [1.29, 1.82) is 0 Å². The maximum atomic E-state index is 12.7. The zero-order chi connectivity index (χ0) is 53.3. The Balaban J connectivity index is 0.000000182. The fraction of sp³-hybridized carbons (Fsp3) is 0.569. The highest BCUT2D eigenvalue weighted by Crippen LogP contribution is 2.42. The molecule has 0 radical (unpaired) electrons. The maximum absolute atomic E-state index is 12.7. The van der Waals surface area contributed by atoms with Crippen LogP contribution in [0.5, 0.6) is 0 Å². The lowest BCUT2D eigenvalue weighted by Gasteiger charge is -2.27. The van der Waals surface area contributed by atoms with Crippen LogP contribution in [0.25, 0.3) is 0 Å². The summed E-state index contributed by atoms with van der Waals surface area (Å²) in [5.74, 6) is 0.933. The van der Waals surface area contributed by atoms with Gasteiger partial charge in [0, 0.05) is 11.2 Å². The summed E-state index contributed by atoms with van der Waals surface area (Å²) in [6.07, 6.45) is 19.0. The van der Waals surface area contributed by atoms with E-state index in [1.165, 1.54) is 92.0 Å². The molecule has 8 rings (SSSR count). The predicted octanol–water partition coefficient (Wildman–Crippen LogP) is 17.0. The summed E-state index contributed by atoms with van der Waals surface area (Å²) in [6, 6.07) is 33.1. The molecular formula is C65H89BrO7. The van der Waals surface area contributed by atoms with E-state index in [9.17, 15) is 24.3 Å². The molecule has 0 aliphatic heterocycles. The van der Waals surface area contributed by atoms with Crippen LogP contribution < -0.4 is 0 Å². The van der Waals surface area contributed by atoms with Crippen molar-refractivity contribution in [3.05, 3.63) is 142 Å². The van der Waals surface area contributed by atoms with Gasteiger partial charge in [0.15, 0.2) is 0 Å². The van der Waals surface area contributed by atoms with E-state index in [0.29, 0.717) is 29.5 Å². The van der Waals surface area contributed by atoms with Crippen molar-refractivity contribution in [3.8, 4) is 0 Å². The topological polar surface area (TPSA) is 107 Å². The number of carboxylic acids is 1. The number of hydrogen-bond donors (Lipinski definition) is 1. The van der Waals surface area contributed by atoms with E-state index in [4.69, 9.17) is 9.47 Å². The second-order valence-corrected chi connectivity index (χ2v) is 24.3. The molecule has 4 atom stereocenters. The number of aryl methyl sites for hydroxylation is 3. The Hall–Kier alpha value is -4.56. The number of carbonyl (C=O) groups is 4. The Labute approximate surface area is 448 Å². The first-order valence-corrected chi connectivity index (χ1v) is 28.8. The van der Waals surface area contributed by atoms with Gasteiger partial charge >= 0.3 is 17.9 Å². The highest BCUT2D eigenvalue weighted by atomic mass is 79.9. The van der Waals surface area contributed by atoms with Crippen LogP contribution in [0.1, 0.15) is 219 Å². The lowest BCUT2D eigenvalue weighted by Crippen LogP contribution is -2.30. The standard InChI is InChI=1S/C18H25BrO2.C18H26O2.C15H20O.C14H18O2/c1-18(2,3)21-17(20)16(14-6-4-5-7-14)15-10-8-13(12-19)9-11-15;1-13-9-11-15(12-10-13)16(14-7-5-6-8-14)17(19)20-18(2,3)4;1-11-7-9-14(10-8-11)15(12(2)16)13-5-3-4-6-13;1-10-6-8-12(9-7-10)13(14(15)16)11-4-2-3-5-11/h8-11,14,16H,4-7,12H2,1-3H3;9-12,14,16H,5-8H2,1-4H3;7-10,13,15H,3-6H2,1-2H3;6-9,11,13H,2-5H2,1H3,(H,15,16)/t2*16-;;13-/m00.0/s1. The number of benzene rings is 4. The molecule has 4 saturated carbocycles. The molecule has 4 aliphatic carbocycles. The molecule has 4 aromatic rings. The number of carboxylic acid groups (broad SMARTS) is 1. The Morgan fingerprint density at radius 3 is 0.959 bits per heavy atom. The summed E-state index contributed by atoms with van der Waals surface area (Å²) in [4.78, 5) is 48.5. The molecular weight excluding hydrogens is 973 g/mol. The summed E-state index contributed by atoms with van der Waals surface area (Å²) in [5, 5.41) is 10.2. The number of rotatable bonds is 13. The zero-order valence-electron chi connectivity index (χ0n) is 46.2. The van der Waals surface area contributed by atoms with Crippen molar-refractivity contribution in [3.63, 3.8) is 0 Å². The molecule has 0 heterocycles. The molecule has 0 aromatic heterocycles. The molecule has 1 N–H and O–H groups in total. The first-order chi connectivity index (χ1) is 34.6. The number of carbonyl (C=O) groups excluding carboxylic acids is 3. The quantitative estimate of drug-likeness (QED) is 0.105. The van der Waals surface area contributed by atoms with Crippen molar-refractivity contribution in [2.45, 2.75) is 212 Å². The molecule has 73 heavy (non-hydrogen) atoms. The van der Waals surface area contributed by atoms with Crippen molar-refractivity contribution >= 4 is 39.6 Å². The molecule has 8 heteroatoms. The monoisotopic (exact) mass is 1060 g/mol. The van der Waals surface area contributed by atoms with Crippen LogP contribution in [0.15, 0.2) is 97.1 Å². The van der Waals surface area contributed by atoms with E-state index in [1.54, 1.807) is 6.92 Å². The van der Waals surface area contributed by atoms with Crippen molar-refractivity contribution in [1.82, 2.24) is 0 Å². The second-order valence-electron chi connectivity index (χ2n) is 23.7. The summed E-state index contributed by atoms with van der Waals surface area (Å²) in [6.45, 7) is 19.5. The average Bonchev–Trinajstić information content (AvgIpc) is 4.20. The summed E-state index contributed by atoms with van der Waals surface area (Å²) >= 11 is 3.46. The summed E-state index contributed by atoms with van der Waals surface area (Å²) < 4.78 is 11.3. The molecule has 1 unspecified atom stereocenters. The van der Waals surface area contributed by atoms with E-state index in [-0.39, 0.29) is 35.6 Å². The van der Waals surface area contributed by atoms with E-state index in [1.807, 2.05) is 72.7 Å². The van der Waals surface area contributed by atoms with E-state index >= 15 is 0 Å². The van der Waals surface area contributed by atoms with Gasteiger partial charge in [-0.1, -0.05) is 181 Å². The Morgan fingerprint density at radius 2 is 0.699 bits per heavy atom. The molecule has 0 bridgehead atoms. The Kier molecular flexibility index (Phi) is 23.1. The van der Waals surface area contributed by atoms with Gasteiger partial charge in [-0.15, -0.1) is 0 Å². The predicted molar refractivity (Wildman–Crippen MR) is 301 cm³/mol. The van der Waals surface area contributed by atoms with Gasteiger partial charge in [-0.3, -0.25) is 19.2 Å². The lowest BCUT2D eigenvalue weighted by atomic mass is 9.82. The van der Waals surface area contributed by atoms with Crippen LogP contribution in [0, 0.1) is 44.4 Å². The SMILES string of the molecule is CC(=O)C(c1ccc(C)cc1)C1CCCC1.CC(C)(C)OC(=O)[C@H](c1ccc(CBr)cc1)C1CCCC1.Cc1ccc([C@@H](C(=O)O)C2CCCC2)cc1.Cc1ccc([C@@H](C(=O)OC(C)(C)C)C2CCCC2)cc1. The Bertz CT molecular complexity index is 2220. The number of Topliss-reactive ketones (excluding diaryl/α,β-unsaturated/α-hetero) is 1. The van der Waals surface area contributed by atoms with Crippen LogP contribution in [-0.4, -0.2) is 40.0 Å². The van der Waals surface area contributed by atoms with Gasteiger partial charge in [-0.2, -0.15) is 0 Å². The first-order valence-electron chi connectivity index (χ1n) is 27.7. The zero-order valence-corrected chi connectivity index (χ0v) is 47.7. The van der Waals surface area contributed by atoms with Gasteiger partial charge in [0.2, 0.25) is 0 Å². The third-order valence-corrected chi connectivity index (χ3v) is 16.0. The van der Waals surface area contributed by atoms with Crippen LogP contribution in [-0.2, 0) is 34.0 Å². The maximum Gasteiger partial charge on any atom is 0.314 e. The molecule has 4 fully saturated rings. The molecule has 0 saturated heterocycles. The molecule has 4 aliphatic rings. The largest absolute Gasteiger partial charge is 0.481 e. The minimum atomic E-state index is -0.671. The van der Waals surface area contributed by atoms with Crippen LogP contribution in [0.4, 0.5) is 0 Å². The van der Waals surface area contributed by atoms with Gasteiger partial charge in [0.25, 0.3) is 0 Å². The number of ketones is 1. The van der Waals surface area contributed by atoms with Crippen LogP contribution in [0.3, 0.4) is 0 Å². The number of ether oxygens (including phenoxy) is 2. The van der Waals surface area contributed by atoms with Crippen LogP contribution in [0.2, 0.25) is 0 Å². The highest BCUT2D eigenvalue weighted by molar-refractivity contribution is 9.08. The minimum absolute atomic E-state index is 0.0618. The number of hydrogen-bond acceptors (Lipinski definition) is 6. The summed E-state index contributed by atoms with van der Waals surface area (Å²) in [5.41, 5.74) is 8.43. The van der Waals surface area contributed by atoms with Gasteiger partial charge in [0.05, 0.1) is 17.8 Å². The van der Waals surface area contributed by atoms with Gasteiger partial charge in [-0.05, 0) is 172 Å². The number of alkyl halides is 1. The smallest absolute Gasteiger partial charge is 0.314 e. The second kappa shape index (κ2) is 28.4. The third-order valence-electron chi connectivity index (χ3n) is 15.3. The molecule has 0 spiro atoms. The fourth-order valence-corrected chi connectivity index (χ4v) is 12.1. The van der Waals surface area contributed by atoms with Gasteiger partial charge in [0.1, 0.15) is 17.0 Å². The van der Waals surface area contributed by atoms with Crippen molar-refractivity contribution in [2.24, 2.45) is 23.7 Å². The van der Waals surface area contributed by atoms with Crippen molar-refractivity contribution < 1.29 is 33.8 Å². The summed E-state index contributed by atoms with van der Waals surface area (Å²) in [7, 11) is 0. The molecule has 0 amide bonds. The van der Waals surface area contributed by atoms with E-state index in [2.05, 4.69) is 103 Å². The molecule has 4 aromatic carbocycles. The number of halogens is 1. The van der Waals surface area contributed by atoms with Gasteiger partial charge in [-0.25, -0.2) is 0 Å². The van der Waals surface area contributed by atoms with Crippen LogP contribution >= 0.6 is 15.9 Å². The lowest BCUT2D eigenvalue weighted by molar-refractivity contribution is -0.159. The van der Waals surface area contributed by atoms with Gasteiger partial charge < -0.3 is 14.6 Å². The minimum Gasteiger partial charge on any atom is -0.481 e. The van der Waals surface area contributed by atoms with Crippen molar-refractivity contribution in [2.75, 3.05) is 0 Å². The number of esters is 2. The molecule has 398 valence electrons. The van der Waals surface area contributed by atoms with E-state index < -0.39 is 17.2 Å². The third kappa shape index (κ3) is 19.0. The average molecular weight is 1060 g/mol. The fourth-order valence-electron chi connectivity index (χ4n) is 11.7. The number of aliphatic carboxylic acids is 1.